The third-order valence-corrected chi connectivity index (χ3v) is 25.4. The van der Waals surface area contributed by atoms with Crippen LogP contribution in [0, 0.1) is 0 Å². The summed E-state index contributed by atoms with van der Waals surface area (Å²) in [5.41, 5.74) is 12.6. The van der Waals surface area contributed by atoms with Gasteiger partial charge in [0.1, 0.15) is 0 Å². The molecule has 4 aromatic heterocycles. The minimum atomic E-state index is -1.53. The molecule has 0 unspecified atom stereocenters. The van der Waals surface area contributed by atoms with E-state index < -0.39 is 32.3 Å². The molecule has 0 amide bonds. The second-order valence-electron chi connectivity index (χ2n) is 14.4. The first-order valence-electron chi connectivity index (χ1n) is 12.9. The molecular formula is C28H40S4Si4. The molecule has 192 valence electrons. The van der Waals surface area contributed by atoms with Crippen molar-refractivity contribution in [2.24, 2.45) is 0 Å². The summed E-state index contributed by atoms with van der Waals surface area (Å²) >= 11 is 8.23. The van der Waals surface area contributed by atoms with Crippen LogP contribution in [0.15, 0.2) is 21.5 Å². The molecule has 0 bridgehead atoms. The third kappa shape index (κ3) is 4.28. The highest BCUT2D eigenvalue weighted by molar-refractivity contribution is 7.30. The molecule has 0 saturated heterocycles. The van der Waals surface area contributed by atoms with Gasteiger partial charge in [0.25, 0.3) is 0 Å². The number of hydrogen-bond acceptors (Lipinski definition) is 4. The maximum absolute atomic E-state index is 2.55. The largest absolute Gasteiger partial charge is 0.152 e. The van der Waals surface area contributed by atoms with E-state index in [2.05, 4.69) is 145 Å². The standard InChI is InChI=1S/C28H40S4Si4/c1-33(2,3)25-21-17(13-29-25)18-14-31-27(35(7,8)9)23(18)24-20(16-32-28(24)36(10,11)12)19-15-30-26(22(19)21)34(4,5)6/h13-16H,1-12H3. The second kappa shape index (κ2) is 8.58. The van der Waals surface area contributed by atoms with Gasteiger partial charge in [0.05, 0.1) is 32.3 Å². The maximum atomic E-state index is 2.55. The summed E-state index contributed by atoms with van der Waals surface area (Å²) < 4.78 is 6.75. The number of thiophene rings is 4. The number of fused-ring (bicyclic) bond motifs is 8. The van der Waals surface area contributed by atoms with Gasteiger partial charge in [-0.3, -0.25) is 0 Å². The van der Waals surface area contributed by atoms with Crippen LogP contribution in [0.4, 0.5) is 0 Å². The summed E-state index contributed by atoms with van der Waals surface area (Å²) in [6.07, 6.45) is 0. The van der Waals surface area contributed by atoms with Gasteiger partial charge in [-0.2, -0.15) is 45.3 Å². The van der Waals surface area contributed by atoms with Crippen molar-refractivity contribution >= 4 is 95.6 Å². The van der Waals surface area contributed by atoms with Crippen molar-refractivity contribution in [3.05, 3.63) is 21.5 Å². The molecule has 8 heteroatoms. The van der Waals surface area contributed by atoms with E-state index in [0.29, 0.717) is 0 Å². The van der Waals surface area contributed by atoms with Crippen LogP contribution in [-0.2, 0) is 0 Å². The quantitative estimate of drug-likeness (QED) is 0.177. The Morgan fingerprint density at radius 2 is 0.500 bits per heavy atom. The highest BCUT2D eigenvalue weighted by atomic mass is 32.1. The van der Waals surface area contributed by atoms with Crippen LogP contribution in [0.3, 0.4) is 0 Å². The molecule has 5 rings (SSSR count). The highest BCUT2D eigenvalue weighted by Gasteiger charge is 2.39. The summed E-state index contributed by atoms with van der Waals surface area (Å²) in [5, 5.41) is 10.2. The van der Waals surface area contributed by atoms with Crippen LogP contribution < -0.4 is 18.0 Å². The van der Waals surface area contributed by atoms with Crippen LogP contribution in [0.25, 0.3) is 44.5 Å². The van der Waals surface area contributed by atoms with E-state index in [0.717, 1.165) is 0 Å². The Morgan fingerprint density at radius 3 is 0.639 bits per heavy atom. The van der Waals surface area contributed by atoms with Crippen molar-refractivity contribution in [1.29, 1.82) is 0 Å². The fraction of sp³-hybridized carbons (Fsp3) is 0.429. The topological polar surface area (TPSA) is 0 Å². The molecule has 0 atom stereocenters. The van der Waals surface area contributed by atoms with E-state index in [1.165, 1.54) is 22.3 Å². The molecule has 0 saturated carbocycles. The van der Waals surface area contributed by atoms with Crippen molar-refractivity contribution in [3.63, 3.8) is 0 Å². The first-order valence-corrected chi connectivity index (χ1v) is 30.4. The fourth-order valence-corrected chi connectivity index (χ4v) is 19.1. The van der Waals surface area contributed by atoms with Gasteiger partial charge in [0.2, 0.25) is 0 Å². The molecule has 0 radical (unpaired) electrons. The van der Waals surface area contributed by atoms with E-state index in [1.54, 1.807) is 40.3 Å². The van der Waals surface area contributed by atoms with E-state index in [4.69, 9.17) is 0 Å². The van der Waals surface area contributed by atoms with E-state index >= 15 is 0 Å². The SMILES string of the molecule is C[Si](C)(C)c1scc2c1-c1c(csc1[Si](C)(C)C)-c1csc([Si](C)(C)C)c1-c1c-2csc1[Si](C)(C)C. The normalized spacial score (nSPS) is 14.1. The van der Waals surface area contributed by atoms with Crippen molar-refractivity contribution in [1.82, 2.24) is 0 Å². The van der Waals surface area contributed by atoms with Crippen LogP contribution in [0.5, 0.6) is 0 Å². The number of hydrogen-bond donors (Lipinski definition) is 0. The van der Waals surface area contributed by atoms with Gasteiger partial charge in [-0.15, -0.1) is 0 Å². The molecule has 0 aliphatic heterocycles. The zero-order valence-electron chi connectivity index (χ0n) is 23.9. The maximum Gasteiger partial charge on any atom is 0.0912 e. The van der Waals surface area contributed by atoms with Crippen molar-refractivity contribution in [2.45, 2.75) is 78.6 Å². The molecular weight excluding hydrogens is 577 g/mol. The Labute approximate surface area is 238 Å². The summed E-state index contributed by atoms with van der Waals surface area (Å²) in [6.45, 7) is 30.5. The molecule has 4 aromatic rings. The molecule has 0 N–H and O–H groups in total. The minimum Gasteiger partial charge on any atom is -0.152 e. The van der Waals surface area contributed by atoms with Gasteiger partial charge in [-0.05, 0) is 39.5 Å². The molecule has 1 aliphatic rings. The Morgan fingerprint density at radius 1 is 0.333 bits per heavy atom. The molecule has 0 nitrogen and oxygen atoms in total. The first kappa shape index (κ1) is 27.2. The molecule has 36 heavy (non-hydrogen) atoms. The lowest BCUT2D eigenvalue weighted by Gasteiger charge is -2.27. The van der Waals surface area contributed by atoms with E-state index in [1.807, 2.05) is 0 Å². The van der Waals surface area contributed by atoms with Gasteiger partial charge in [0.15, 0.2) is 0 Å². The van der Waals surface area contributed by atoms with Crippen molar-refractivity contribution < 1.29 is 0 Å². The lowest BCUT2D eigenvalue weighted by molar-refractivity contribution is 1.67. The van der Waals surface area contributed by atoms with Gasteiger partial charge >= 0.3 is 0 Å². The summed E-state index contributed by atoms with van der Waals surface area (Å²) in [5.74, 6) is 0. The van der Waals surface area contributed by atoms with Crippen LogP contribution in [-0.4, -0.2) is 32.3 Å². The second-order valence-corrected chi connectivity index (χ2v) is 39.4. The smallest absolute Gasteiger partial charge is 0.0912 e. The lowest BCUT2D eigenvalue weighted by Crippen LogP contribution is -2.41. The van der Waals surface area contributed by atoms with Gasteiger partial charge in [-0.25, -0.2) is 0 Å². The van der Waals surface area contributed by atoms with Crippen LogP contribution >= 0.6 is 45.3 Å². The number of rotatable bonds is 4. The first-order chi connectivity index (χ1) is 16.4. The molecule has 0 fully saturated rings. The van der Waals surface area contributed by atoms with E-state index in [-0.39, 0.29) is 0 Å². The molecule has 1 aliphatic carbocycles. The zero-order chi connectivity index (χ0) is 26.6. The highest BCUT2D eigenvalue weighted by Crippen LogP contribution is 2.51. The fourth-order valence-electron chi connectivity index (χ4n) is 5.42. The Bertz CT molecular complexity index is 1240. The monoisotopic (exact) mass is 616 g/mol. The zero-order valence-corrected chi connectivity index (χ0v) is 31.2. The molecule has 0 aromatic carbocycles. The lowest BCUT2D eigenvalue weighted by atomic mass is 9.88. The Balaban J connectivity index is 2.04. The van der Waals surface area contributed by atoms with Gasteiger partial charge in [-0.1, -0.05) is 78.6 Å². The van der Waals surface area contributed by atoms with Gasteiger partial charge < -0.3 is 0 Å². The predicted molar refractivity (Wildman–Crippen MR) is 185 cm³/mol. The average Bonchev–Trinajstić information content (AvgIpc) is 3.44. The summed E-state index contributed by atoms with van der Waals surface area (Å²) in [7, 11) is -6.12. The average molecular weight is 617 g/mol. The van der Waals surface area contributed by atoms with Crippen LogP contribution in [0.2, 0.25) is 78.6 Å². The van der Waals surface area contributed by atoms with E-state index in [9.17, 15) is 0 Å². The summed E-state index contributed by atoms with van der Waals surface area (Å²) in [4.78, 5) is 0. The van der Waals surface area contributed by atoms with Crippen LogP contribution in [0.1, 0.15) is 0 Å². The van der Waals surface area contributed by atoms with Crippen molar-refractivity contribution in [2.75, 3.05) is 0 Å². The Kier molecular flexibility index (Phi) is 6.49. The summed E-state index contributed by atoms with van der Waals surface area (Å²) in [6, 6.07) is 0. The molecule has 4 heterocycles. The Hall–Kier alpha value is -0.332. The van der Waals surface area contributed by atoms with Gasteiger partial charge in [0, 0.05) is 44.5 Å². The van der Waals surface area contributed by atoms with Crippen molar-refractivity contribution in [3.8, 4) is 44.5 Å². The minimum absolute atomic E-state index is 1.53. The third-order valence-electron chi connectivity index (χ3n) is 6.97. The predicted octanol–water partition coefficient (Wildman–Crippen LogP) is 9.09. The molecule has 0 spiro atoms.